The zero-order valence-corrected chi connectivity index (χ0v) is 31.1. The van der Waals surface area contributed by atoms with Crippen LogP contribution in [-0.4, -0.2) is 138 Å². The van der Waals surface area contributed by atoms with Crippen molar-refractivity contribution in [1.29, 1.82) is 0 Å². The Balaban J connectivity index is 2.33. The molecule has 17 nitrogen and oxygen atoms in total. The Morgan fingerprint density at radius 1 is 0.961 bits per heavy atom. The lowest BCUT2D eigenvalue weighted by atomic mass is 9.83. The minimum Gasteiger partial charge on any atom is -0.468 e. The molecule has 0 saturated heterocycles. The number of aliphatic hydroxyl groups is 4. The molecule has 0 bridgehead atoms. The van der Waals surface area contributed by atoms with Crippen LogP contribution >= 0.6 is 0 Å². The number of allylic oxidation sites excluding steroid dienone is 1. The molecule has 1 aliphatic heterocycles. The van der Waals surface area contributed by atoms with E-state index in [0.717, 1.165) is 0 Å². The van der Waals surface area contributed by atoms with E-state index in [1.807, 2.05) is 6.08 Å². The standard InChI is InChI=1S/C34H62N4O13/c1-8-24(41)30(46-18-17-40)49-29-22(37-25(42)12-10-14-36-31(44)50-33(2,3)4)19-23(38-32(45)51-34(5,6)7)28(27(29)43)48-26-13-9-11-21(47-26)20-35-15-16-39/h11,22-24,26-30,35,39-41,43H,8-10,12-20H2,1-7H3,(H,36,44)(H,37,42)(H,38,45)/t22-,23+,24-,26-,27+,28-,29+,30-/m1/s1. The van der Waals surface area contributed by atoms with E-state index in [-0.39, 0.29) is 52.0 Å². The molecule has 1 saturated carbocycles. The molecule has 0 aromatic carbocycles. The van der Waals surface area contributed by atoms with E-state index < -0.39 is 78.4 Å². The van der Waals surface area contributed by atoms with Crippen LogP contribution in [0.25, 0.3) is 0 Å². The molecule has 3 amide bonds. The number of nitrogens with one attached hydrogen (secondary N) is 4. The lowest BCUT2D eigenvalue weighted by Gasteiger charge is -2.46. The summed E-state index contributed by atoms with van der Waals surface area (Å²) >= 11 is 0. The quantitative estimate of drug-likeness (QED) is 0.0681. The van der Waals surface area contributed by atoms with Crippen molar-refractivity contribution in [3.8, 4) is 0 Å². The van der Waals surface area contributed by atoms with Crippen molar-refractivity contribution in [2.24, 2.45) is 0 Å². The van der Waals surface area contributed by atoms with Crippen LogP contribution in [0, 0.1) is 0 Å². The second-order valence-corrected chi connectivity index (χ2v) is 14.5. The van der Waals surface area contributed by atoms with Gasteiger partial charge in [0.2, 0.25) is 5.91 Å². The number of hydrogen-bond acceptors (Lipinski definition) is 14. The molecule has 0 aromatic heterocycles. The van der Waals surface area contributed by atoms with Gasteiger partial charge in [-0.05, 0) is 73.3 Å². The summed E-state index contributed by atoms with van der Waals surface area (Å²) in [4.78, 5) is 38.3. The molecule has 51 heavy (non-hydrogen) atoms. The highest BCUT2D eigenvalue weighted by molar-refractivity contribution is 5.76. The van der Waals surface area contributed by atoms with Crippen LogP contribution in [0.1, 0.15) is 87.0 Å². The van der Waals surface area contributed by atoms with Crippen LogP contribution in [0.2, 0.25) is 0 Å². The number of alkyl carbamates (subject to hydrolysis) is 2. The second-order valence-electron chi connectivity index (χ2n) is 14.5. The van der Waals surface area contributed by atoms with Crippen molar-refractivity contribution < 1.29 is 63.2 Å². The third-order valence-electron chi connectivity index (χ3n) is 7.62. The number of aliphatic hydroxyl groups excluding tert-OH is 4. The molecule has 1 aliphatic carbocycles. The molecule has 2 rings (SSSR count). The lowest BCUT2D eigenvalue weighted by molar-refractivity contribution is -0.270. The Kier molecular flexibility index (Phi) is 18.9. The predicted molar refractivity (Wildman–Crippen MR) is 184 cm³/mol. The van der Waals surface area contributed by atoms with Crippen molar-refractivity contribution >= 4 is 18.1 Å². The topological polar surface area (TPSA) is 236 Å². The molecule has 0 unspecified atom stereocenters. The van der Waals surface area contributed by atoms with E-state index in [4.69, 9.17) is 33.5 Å². The van der Waals surface area contributed by atoms with Crippen molar-refractivity contribution in [3.63, 3.8) is 0 Å². The fourth-order valence-electron chi connectivity index (χ4n) is 5.42. The van der Waals surface area contributed by atoms with Gasteiger partial charge in [-0.3, -0.25) is 4.79 Å². The van der Waals surface area contributed by atoms with Crippen molar-refractivity contribution in [3.05, 3.63) is 11.8 Å². The first-order chi connectivity index (χ1) is 24.0. The molecule has 1 heterocycles. The maximum Gasteiger partial charge on any atom is 0.407 e. The summed E-state index contributed by atoms with van der Waals surface area (Å²) in [6.07, 6.45) is -5.05. The first-order valence-electron chi connectivity index (χ1n) is 17.8. The van der Waals surface area contributed by atoms with Gasteiger partial charge >= 0.3 is 12.2 Å². The van der Waals surface area contributed by atoms with E-state index in [2.05, 4.69) is 21.3 Å². The number of ether oxygens (including phenoxy) is 6. The fourth-order valence-corrected chi connectivity index (χ4v) is 5.42. The second kappa shape index (κ2) is 21.7. The van der Waals surface area contributed by atoms with E-state index in [0.29, 0.717) is 31.7 Å². The SMILES string of the molecule is CC[C@@H](O)[C@H](OCCO)O[C@@H]1[C@@H](O)[C@H](O[C@@H]2CCC=C(CNCCO)O2)[C@@H](NC(=O)OC(C)(C)C)C[C@H]1NC(=O)CCCNC(=O)OC(C)(C)C. The number of carbonyl (C=O) groups excluding carboxylic acids is 3. The van der Waals surface area contributed by atoms with Crippen LogP contribution in [0.3, 0.4) is 0 Å². The zero-order chi connectivity index (χ0) is 38.2. The molecule has 1 fully saturated rings. The van der Waals surface area contributed by atoms with Gasteiger partial charge in [-0.25, -0.2) is 9.59 Å². The van der Waals surface area contributed by atoms with Crippen LogP contribution < -0.4 is 21.3 Å². The van der Waals surface area contributed by atoms with Crippen LogP contribution in [0.5, 0.6) is 0 Å². The van der Waals surface area contributed by atoms with Crippen LogP contribution in [0.15, 0.2) is 11.8 Å². The van der Waals surface area contributed by atoms with Crippen molar-refractivity contribution in [2.45, 2.75) is 147 Å². The summed E-state index contributed by atoms with van der Waals surface area (Å²) in [5.41, 5.74) is -1.50. The van der Waals surface area contributed by atoms with Gasteiger partial charge in [0.15, 0.2) is 12.6 Å². The van der Waals surface area contributed by atoms with E-state index in [1.165, 1.54) is 0 Å². The number of rotatable bonds is 19. The van der Waals surface area contributed by atoms with Gasteiger partial charge in [0.25, 0.3) is 0 Å². The molecule has 0 spiro atoms. The van der Waals surface area contributed by atoms with Gasteiger partial charge in [0, 0.05) is 25.9 Å². The third kappa shape index (κ3) is 17.1. The predicted octanol–water partition coefficient (Wildman–Crippen LogP) is 0.913. The monoisotopic (exact) mass is 734 g/mol. The molecule has 0 radical (unpaired) electrons. The van der Waals surface area contributed by atoms with Gasteiger partial charge in [-0.1, -0.05) is 6.92 Å². The summed E-state index contributed by atoms with van der Waals surface area (Å²) in [5.74, 6) is 0.163. The normalized spacial score (nSPS) is 25.1. The highest BCUT2D eigenvalue weighted by atomic mass is 16.7. The Bertz CT molecular complexity index is 1100. The average molecular weight is 735 g/mol. The maximum atomic E-state index is 13.2. The molecule has 17 heteroatoms. The Labute approximate surface area is 301 Å². The average Bonchev–Trinajstić information content (AvgIpc) is 3.02. The smallest absolute Gasteiger partial charge is 0.407 e. The largest absolute Gasteiger partial charge is 0.468 e. The molecular weight excluding hydrogens is 672 g/mol. The third-order valence-corrected chi connectivity index (χ3v) is 7.62. The lowest BCUT2D eigenvalue weighted by Crippen LogP contribution is -2.67. The van der Waals surface area contributed by atoms with Gasteiger partial charge in [0.1, 0.15) is 41.4 Å². The zero-order valence-electron chi connectivity index (χ0n) is 31.1. The minimum absolute atomic E-state index is 0.00340. The summed E-state index contributed by atoms with van der Waals surface area (Å²) in [5, 5.41) is 52.5. The van der Waals surface area contributed by atoms with Crippen molar-refractivity contribution in [2.75, 3.05) is 39.5 Å². The number of amides is 3. The molecule has 2 aliphatic rings. The molecule has 8 N–H and O–H groups in total. The number of carbonyl (C=O) groups is 3. The maximum absolute atomic E-state index is 13.2. The minimum atomic E-state index is -1.51. The van der Waals surface area contributed by atoms with Crippen molar-refractivity contribution in [1.82, 2.24) is 21.3 Å². The Morgan fingerprint density at radius 3 is 2.25 bits per heavy atom. The van der Waals surface area contributed by atoms with Crippen LogP contribution in [0.4, 0.5) is 9.59 Å². The van der Waals surface area contributed by atoms with Gasteiger partial charge in [-0.2, -0.15) is 0 Å². The number of hydrogen-bond donors (Lipinski definition) is 8. The highest BCUT2D eigenvalue weighted by Crippen LogP contribution is 2.31. The van der Waals surface area contributed by atoms with Gasteiger partial charge in [-0.15, -0.1) is 0 Å². The van der Waals surface area contributed by atoms with E-state index in [9.17, 15) is 29.7 Å². The Hall–Kier alpha value is -2.77. The fraction of sp³-hybridized carbons (Fsp3) is 0.853. The van der Waals surface area contributed by atoms with E-state index in [1.54, 1.807) is 48.5 Å². The molecular formula is C34H62N4O13. The first-order valence-corrected chi connectivity index (χ1v) is 17.8. The van der Waals surface area contributed by atoms with Crippen LogP contribution in [-0.2, 0) is 33.2 Å². The molecule has 0 aromatic rings. The summed E-state index contributed by atoms with van der Waals surface area (Å²) < 4.78 is 34.9. The highest BCUT2D eigenvalue weighted by Gasteiger charge is 2.49. The van der Waals surface area contributed by atoms with Gasteiger partial charge < -0.3 is 70.1 Å². The molecule has 296 valence electrons. The first kappa shape index (κ1) is 44.4. The Morgan fingerprint density at radius 2 is 1.63 bits per heavy atom. The summed E-state index contributed by atoms with van der Waals surface area (Å²) in [6.45, 7) is 12.4. The van der Waals surface area contributed by atoms with Gasteiger partial charge in [0.05, 0.1) is 38.4 Å². The summed E-state index contributed by atoms with van der Waals surface area (Å²) in [7, 11) is 0. The summed E-state index contributed by atoms with van der Waals surface area (Å²) in [6, 6.07) is -1.84. The molecule has 8 atom stereocenters. The van der Waals surface area contributed by atoms with E-state index >= 15 is 0 Å².